The van der Waals surface area contributed by atoms with Crippen LogP contribution in [0.1, 0.15) is 26.3 Å². The number of rotatable bonds is 2. The van der Waals surface area contributed by atoms with Crippen molar-refractivity contribution in [3.63, 3.8) is 0 Å². The van der Waals surface area contributed by atoms with Crippen molar-refractivity contribution in [1.29, 1.82) is 0 Å². The van der Waals surface area contributed by atoms with Gasteiger partial charge in [0.25, 0.3) is 0 Å². The molecule has 1 aliphatic rings. The van der Waals surface area contributed by atoms with Gasteiger partial charge in [0, 0.05) is 31.9 Å². The van der Waals surface area contributed by atoms with Gasteiger partial charge in [-0.05, 0) is 45.4 Å². The Bertz CT molecular complexity index is 717. The number of ether oxygens (including phenoxy) is 1. The molecule has 1 aromatic rings. The Kier molecular flexibility index (Phi) is 5.10. The molecule has 1 amide bonds. The third-order valence-electron chi connectivity index (χ3n) is 3.78. The SMILES string of the molecule is Cc1ccc(S(=O)(=O)N2CCN(C(=O)OC(C)(C)C)CC2)cc1N. The van der Waals surface area contributed by atoms with Crippen LogP contribution >= 0.6 is 0 Å². The van der Waals surface area contributed by atoms with Gasteiger partial charge in [-0.1, -0.05) is 6.07 Å². The van der Waals surface area contributed by atoms with Gasteiger partial charge in [0.05, 0.1) is 4.90 Å². The van der Waals surface area contributed by atoms with Crippen LogP contribution in [0.15, 0.2) is 23.1 Å². The lowest BCUT2D eigenvalue weighted by molar-refractivity contribution is 0.0192. The summed E-state index contributed by atoms with van der Waals surface area (Å²) in [4.78, 5) is 13.7. The van der Waals surface area contributed by atoms with Crippen molar-refractivity contribution >= 4 is 21.8 Å². The minimum atomic E-state index is -3.61. The van der Waals surface area contributed by atoms with Gasteiger partial charge >= 0.3 is 6.09 Å². The van der Waals surface area contributed by atoms with E-state index in [2.05, 4.69) is 0 Å². The standard InChI is InChI=1S/C16H25N3O4S/c1-12-5-6-13(11-14(12)17)24(21,22)19-9-7-18(8-10-19)15(20)23-16(2,3)4/h5-6,11H,7-10,17H2,1-4H3. The fourth-order valence-corrected chi connectivity index (χ4v) is 3.82. The van der Waals surface area contributed by atoms with E-state index in [9.17, 15) is 13.2 Å². The molecule has 0 bridgehead atoms. The lowest BCUT2D eigenvalue weighted by Crippen LogP contribution is -2.51. The van der Waals surface area contributed by atoms with Crippen LogP contribution in [-0.2, 0) is 14.8 Å². The molecule has 1 saturated heterocycles. The van der Waals surface area contributed by atoms with E-state index < -0.39 is 21.7 Å². The van der Waals surface area contributed by atoms with Gasteiger partial charge in [0.15, 0.2) is 0 Å². The smallest absolute Gasteiger partial charge is 0.410 e. The highest BCUT2D eigenvalue weighted by molar-refractivity contribution is 7.89. The minimum absolute atomic E-state index is 0.177. The molecule has 2 rings (SSSR count). The minimum Gasteiger partial charge on any atom is -0.444 e. The zero-order valence-corrected chi connectivity index (χ0v) is 15.4. The number of anilines is 1. The predicted molar refractivity (Wildman–Crippen MR) is 92.2 cm³/mol. The first-order valence-electron chi connectivity index (χ1n) is 7.85. The van der Waals surface area contributed by atoms with Gasteiger partial charge < -0.3 is 15.4 Å². The zero-order valence-electron chi connectivity index (χ0n) is 14.6. The maximum absolute atomic E-state index is 12.7. The van der Waals surface area contributed by atoms with Crippen molar-refractivity contribution in [3.05, 3.63) is 23.8 Å². The summed E-state index contributed by atoms with van der Waals surface area (Å²) in [6, 6.07) is 4.73. The van der Waals surface area contributed by atoms with Crippen LogP contribution in [0, 0.1) is 6.92 Å². The number of benzene rings is 1. The highest BCUT2D eigenvalue weighted by atomic mass is 32.2. The number of nitrogens with two attached hydrogens (primary N) is 1. The molecule has 0 radical (unpaired) electrons. The normalized spacial score (nSPS) is 16.9. The van der Waals surface area contributed by atoms with E-state index in [0.29, 0.717) is 18.8 Å². The van der Waals surface area contributed by atoms with E-state index in [1.165, 1.54) is 15.3 Å². The average molecular weight is 355 g/mol. The Morgan fingerprint density at radius 2 is 1.75 bits per heavy atom. The molecule has 1 fully saturated rings. The molecular weight excluding hydrogens is 330 g/mol. The third kappa shape index (κ3) is 4.18. The number of nitrogens with zero attached hydrogens (tertiary/aromatic N) is 2. The number of piperazine rings is 1. The molecule has 0 aromatic heterocycles. The van der Waals surface area contributed by atoms with Crippen molar-refractivity contribution in [2.45, 2.75) is 38.2 Å². The van der Waals surface area contributed by atoms with E-state index in [-0.39, 0.29) is 18.0 Å². The van der Waals surface area contributed by atoms with Crippen LogP contribution < -0.4 is 5.73 Å². The summed E-state index contributed by atoms with van der Waals surface area (Å²) in [6.07, 6.45) is -0.417. The first kappa shape index (κ1) is 18.5. The van der Waals surface area contributed by atoms with Gasteiger partial charge in [-0.15, -0.1) is 0 Å². The first-order valence-corrected chi connectivity index (χ1v) is 9.29. The Labute approximate surface area is 143 Å². The summed E-state index contributed by atoms with van der Waals surface area (Å²) in [5.41, 5.74) is 6.53. The van der Waals surface area contributed by atoms with Crippen LogP contribution in [0.5, 0.6) is 0 Å². The van der Waals surface area contributed by atoms with Crippen molar-refractivity contribution < 1.29 is 17.9 Å². The second-order valence-electron chi connectivity index (χ2n) is 6.89. The molecule has 8 heteroatoms. The Balaban J connectivity index is 2.05. The lowest BCUT2D eigenvalue weighted by atomic mass is 10.2. The number of sulfonamides is 1. The molecule has 24 heavy (non-hydrogen) atoms. The maximum Gasteiger partial charge on any atom is 0.410 e. The number of nitrogen functional groups attached to an aromatic ring is 1. The van der Waals surface area contributed by atoms with Gasteiger partial charge in [0.2, 0.25) is 10.0 Å². The van der Waals surface area contributed by atoms with Crippen molar-refractivity contribution in [1.82, 2.24) is 9.21 Å². The zero-order chi connectivity index (χ0) is 18.1. The highest BCUT2D eigenvalue weighted by Crippen LogP contribution is 2.22. The molecule has 0 unspecified atom stereocenters. The van der Waals surface area contributed by atoms with E-state index in [1.54, 1.807) is 32.9 Å². The van der Waals surface area contributed by atoms with Crippen LogP contribution in [0.3, 0.4) is 0 Å². The van der Waals surface area contributed by atoms with Crippen LogP contribution in [0.2, 0.25) is 0 Å². The van der Waals surface area contributed by atoms with E-state index >= 15 is 0 Å². The number of carbonyl (C=O) groups is 1. The number of amides is 1. The first-order chi connectivity index (χ1) is 11.0. The second kappa shape index (κ2) is 6.60. The molecule has 0 aliphatic carbocycles. The van der Waals surface area contributed by atoms with Crippen molar-refractivity contribution in [3.8, 4) is 0 Å². The molecule has 0 saturated carbocycles. The maximum atomic E-state index is 12.7. The molecule has 134 valence electrons. The van der Waals surface area contributed by atoms with E-state index in [0.717, 1.165) is 5.56 Å². The summed E-state index contributed by atoms with van der Waals surface area (Å²) in [5.74, 6) is 0. The molecule has 0 spiro atoms. The fraction of sp³-hybridized carbons (Fsp3) is 0.562. The fourth-order valence-electron chi connectivity index (χ4n) is 2.37. The largest absolute Gasteiger partial charge is 0.444 e. The Morgan fingerprint density at radius 1 is 1.17 bits per heavy atom. The highest BCUT2D eigenvalue weighted by Gasteiger charge is 2.32. The summed E-state index contributed by atoms with van der Waals surface area (Å²) in [7, 11) is -3.61. The monoisotopic (exact) mass is 355 g/mol. The van der Waals surface area contributed by atoms with Crippen LogP contribution in [-0.4, -0.2) is 55.5 Å². The quantitative estimate of drug-likeness (QED) is 0.817. The number of hydrogen-bond acceptors (Lipinski definition) is 5. The summed E-state index contributed by atoms with van der Waals surface area (Å²) < 4.78 is 32.1. The lowest BCUT2D eigenvalue weighted by Gasteiger charge is -2.35. The average Bonchev–Trinajstić information content (AvgIpc) is 2.48. The number of hydrogen-bond donors (Lipinski definition) is 1. The molecule has 0 atom stereocenters. The van der Waals surface area contributed by atoms with Crippen molar-refractivity contribution in [2.24, 2.45) is 0 Å². The predicted octanol–water partition coefficient (Wildman–Crippen LogP) is 1.82. The van der Waals surface area contributed by atoms with Gasteiger partial charge in [-0.3, -0.25) is 0 Å². The number of aryl methyl sites for hydroxylation is 1. The molecule has 7 nitrogen and oxygen atoms in total. The third-order valence-corrected chi connectivity index (χ3v) is 5.67. The molecule has 1 aliphatic heterocycles. The Hall–Kier alpha value is -1.80. The molecule has 1 aromatic carbocycles. The summed E-state index contributed by atoms with van der Waals surface area (Å²) in [5, 5.41) is 0. The topological polar surface area (TPSA) is 92.9 Å². The Morgan fingerprint density at radius 3 is 2.25 bits per heavy atom. The molecule has 1 heterocycles. The van der Waals surface area contributed by atoms with Crippen LogP contribution in [0.4, 0.5) is 10.5 Å². The number of carbonyl (C=O) groups excluding carboxylic acids is 1. The van der Waals surface area contributed by atoms with Gasteiger partial charge in [-0.2, -0.15) is 4.31 Å². The van der Waals surface area contributed by atoms with Gasteiger partial charge in [0.1, 0.15) is 5.60 Å². The van der Waals surface area contributed by atoms with Crippen molar-refractivity contribution in [2.75, 3.05) is 31.9 Å². The summed E-state index contributed by atoms with van der Waals surface area (Å²) >= 11 is 0. The summed E-state index contributed by atoms with van der Waals surface area (Å²) in [6.45, 7) is 8.29. The molecular formula is C16H25N3O4S. The van der Waals surface area contributed by atoms with E-state index in [1.807, 2.05) is 6.92 Å². The molecule has 2 N–H and O–H groups in total. The van der Waals surface area contributed by atoms with Crippen LogP contribution in [0.25, 0.3) is 0 Å². The van der Waals surface area contributed by atoms with E-state index in [4.69, 9.17) is 10.5 Å². The second-order valence-corrected chi connectivity index (χ2v) is 8.83. The van der Waals surface area contributed by atoms with Gasteiger partial charge in [-0.25, -0.2) is 13.2 Å².